The van der Waals surface area contributed by atoms with Crippen LogP contribution in [0.1, 0.15) is 42.1 Å². The molecule has 2 heterocycles. The lowest BCUT2D eigenvalue weighted by Gasteiger charge is -2.26. The van der Waals surface area contributed by atoms with Gasteiger partial charge in [-0.25, -0.2) is 0 Å². The first-order chi connectivity index (χ1) is 16.3. The normalized spacial score (nSPS) is 22.5. The Morgan fingerprint density at radius 1 is 1.26 bits per heavy atom. The van der Waals surface area contributed by atoms with Crippen molar-refractivity contribution in [2.24, 2.45) is 5.92 Å². The fourth-order valence-corrected chi connectivity index (χ4v) is 4.61. The average Bonchev–Trinajstić information content (AvgIpc) is 3.43. The molecule has 0 radical (unpaired) electrons. The van der Waals surface area contributed by atoms with E-state index in [2.05, 4.69) is 10.6 Å². The van der Waals surface area contributed by atoms with E-state index in [0.29, 0.717) is 29.0 Å². The van der Waals surface area contributed by atoms with Gasteiger partial charge in [-0.2, -0.15) is 0 Å². The molecule has 2 aliphatic rings. The molecule has 3 amide bonds. The summed E-state index contributed by atoms with van der Waals surface area (Å²) in [6, 6.07) is 13.5. The van der Waals surface area contributed by atoms with Crippen molar-refractivity contribution in [3.8, 4) is 0 Å². The highest BCUT2D eigenvalue weighted by molar-refractivity contribution is 6.07. The van der Waals surface area contributed by atoms with Gasteiger partial charge in [-0.3, -0.25) is 14.4 Å². The number of rotatable bonds is 7. The Bertz CT molecular complexity index is 1120. The van der Waals surface area contributed by atoms with E-state index in [-0.39, 0.29) is 30.9 Å². The summed E-state index contributed by atoms with van der Waals surface area (Å²) in [4.78, 5) is 39.5. The highest BCUT2D eigenvalue weighted by Gasteiger charge is 2.48. The summed E-state index contributed by atoms with van der Waals surface area (Å²) in [5.41, 5.74) is -0.0483. The van der Waals surface area contributed by atoms with Gasteiger partial charge in [0.15, 0.2) is 5.60 Å². The number of amides is 3. The Labute approximate surface area is 198 Å². The van der Waals surface area contributed by atoms with Crippen molar-refractivity contribution in [2.75, 3.05) is 23.8 Å². The van der Waals surface area contributed by atoms with Crippen LogP contribution in [0.2, 0.25) is 0 Å². The van der Waals surface area contributed by atoms with Crippen LogP contribution < -0.4 is 10.6 Å². The summed E-state index contributed by atoms with van der Waals surface area (Å²) in [6.07, 6.45) is 5.10. The first-order valence-electron chi connectivity index (χ1n) is 11.5. The first kappa shape index (κ1) is 23.7. The summed E-state index contributed by atoms with van der Waals surface area (Å²) >= 11 is 0. The number of aliphatic hydroxyl groups is 2. The van der Waals surface area contributed by atoms with Gasteiger partial charge in [0.1, 0.15) is 0 Å². The number of benzene rings is 2. The Morgan fingerprint density at radius 3 is 2.76 bits per heavy atom. The first-order valence-corrected chi connectivity index (χ1v) is 11.5. The summed E-state index contributed by atoms with van der Waals surface area (Å²) < 4.78 is 0. The van der Waals surface area contributed by atoms with Gasteiger partial charge in [-0.1, -0.05) is 37.3 Å². The number of hydrogen-bond acceptors (Lipinski definition) is 5. The van der Waals surface area contributed by atoms with Crippen LogP contribution in [0.5, 0.6) is 0 Å². The van der Waals surface area contributed by atoms with E-state index in [1.807, 2.05) is 6.07 Å². The van der Waals surface area contributed by atoms with Crippen LogP contribution in [0.15, 0.2) is 60.7 Å². The summed E-state index contributed by atoms with van der Waals surface area (Å²) in [5, 5.41) is 26.3. The standard InChI is InChI=1S/C26H29N3O5/c1-17(7-5-11-23(31)29-14-6-10-20(29)16-30)26(34)21-15-19(12-13-22(21)28-25(26)33)27-24(32)18-8-3-2-4-9-18/h2-5,7-9,12-13,15,17,20,30,34H,6,10-11,14,16H2,1H3,(H,27,32)(H,28,33)/b7-5+/t17-,20+,26+/m1/s1. The minimum Gasteiger partial charge on any atom is -0.394 e. The zero-order valence-electron chi connectivity index (χ0n) is 19.0. The Hall–Kier alpha value is -3.49. The molecule has 34 heavy (non-hydrogen) atoms. The van der Waals surface area contributed by atoms with Crippen molar-refractivity contribution in [1.29, 1.82) is 0 Å². The molecule has 0 saturated carbocycles. The molecule has 4 rings (SSSR count). The summed E-state index contributed by atoms with van der Waals surface area (Å²) in [5.74, 6) is -1.57. The molecule has 0 spiro atoms. The molecule has 2 aromatic rings. The van der Waals surface area contributed by atoms with Crippen molar-refractivity contribution in [3.05, 3.63) is 71.8 Å². The fraction of sp³-hybridized carbons (Fsp3) is 0.346. The fourth-order valence-electron chi connectivity index (χ4n) is 4.61. The number of carbonyl (C=O) groups excluding carboxylic acids is 3. The molecule has 3 atom stereocenters. The van der Waals surface area contributed by atoms with Crippen molar-refractivity contribution in [3.63, 3.8) is 0 Å². The molecule has 8 nitrogen and oxygen atoms in total. The molecular weight excluding hydrogens is 434 g/mol. The second-order valence-corrected chi connectivity index (χ2v) is 8.79. The smallest absolute Gasteiger partial charge is 0.261 e. The molecule has 1 fully saturated rings. The number of nitrogens with one attached hydrogen (secondary N) is 2. The maximum absolute atomic E-state index is 12.8. The second-order valence-electron chi connectivity index (χ2n) is 8.79. The summed E-state index contributed by atoms with van der Waals surface area (Å²) in [7, 11) is 0. The van der Waals surface area contributed by atoms with E-state index in [0.717, 1.165) is 12.8 Å². The van der Waals surface area contributed by atoms with E-state index in [9.17, 15) is 24.6 Å². The third kappa shape index (κ3) is 4.47. The molecule has 0 aliphatic carbocycles. The van der Waals surface area contributed by atoms with Crippen molar-refractivity contribution in [2.45, 2.75) is 37.8 Å². The van der Waals surface area contributed by atoms with Crippen molar-refractivity contribution < 1.29 is 24.6 Å². The number of likely N-dealkylation sites (tertiary alicyclic amines) is 1. The molecule has 8 heteroatoms. The lowest BCUT2D eigenvalue weighted by Crippen LogP contribution is -2.40. The molecule has 0 unspecified atom stereocenters. The average molecular weight is 464 g/mol. The van der Waals surface area contributed by atoms with Gasteiger partial charge in [-0.05, 0) is 43.2 Å². The largest absolute Gasteiger partial charge is 0.394 e. The van der Waals surface area contributed by atoms with E-state index in [1.54, 1.807) is 66.4 Å². The molecule has 178 valence electrons. The van der Waals surface area contributed by atoms with Crippen LogP contribution in [-0.4, -0.2) is 52.0 Å². The van der Waals surface area contributed by atoms with Crippen LogP contribution in [0.25, 0.3) is 0 Å². The number of hydrogen-bond donors (Lipinski definition) is 4. The zero-order chi connectivity index (χ0) is 24.3. The quantitative estimate of drug-likeness (QED) is 0.471. The van der Waals surface area contributed by atoms with Crippen LogP contribution in [0.3, 0.4) is 0 Å². The molecule has 0 aromatic heterocycles. The highest BCUT2D eigenvalue weighted by atomic mass is 16.3. The third-order valence-electron chi connectivity index (χ3n) is 6.60. The van der Waals surface area contributed by atoms with Crippen LogP contribution in [0, 0.1) is 5.92 Å². The lowest BCUT2D eigenvalue weighted by molar-refractivity contribution is -0.137. The Balaban J connectivity index is 1.48. The van der Waals surface area contributed by atoms with E-state index >= 15 is 0 Å². The molecule has 2 aliphatic heterocycles. The minimum atomic E-state index is -1.84. The summed E-state index contributed by atoms with van der Waals surface area (Å²) in [6.45, 7) is 2.29. The van der Waals surface area contributed by atoms with Gasteiger partial charge in [-0.15, -0.1) is 0 Å². The van der Waals surface area contributed by atoms with Crippen LogP contribution in [0.4, 0.5) is 11.4 Å². The zero-order valence-corrected chi connectivity index (χ0v) is 19.0. The third-order valence-corrected chi connectivity index (χ3v) is 6.60. The predicted octanol–water partition coefficient (Wildman–Crippen LogP) is 2.64. The topological polar surface area (TPSA) is 119 Å². The van der Waals surface area contributed by atoms with Gasteiger partial charge < -0.3 is 25.7 Å². The van der Waals surface area contributed by atoms with Crippen LogP contribution >= 0.6 is 0 Å². The van der Waals surface area contributed by atoms with Gasteiger partial charge >= 0.3 is 0 Å². The van der Waals surface area contributed by atoms with Gasteiger partial charge in [0.25, 0.3) is 11.8 Å². The number of anilines is 2. The van der Waals surface area contributed by atoms with Crippen molar-refractivity contribution in [1.82, 2.24) is 4.90 Å². The molecular formula is C26H29N3O5. The second kappa shape index (κ2) is 9.79. The van der Waals surface area contributed by atoms with E-state index < -0.39 is 17.4 Å². The van der Waals surface area contributed by atoms with E-state index in [1.165, 1.54) is 0 Å². The maximum atomic E-state index is 12.8. The number of aliphatic hydroxyl groups excluding tert-OH is 1. The highest BCUT2D eigenvalue weighted by Crippen LogP contribution is 2.43. The SMILES string of the molecule is C[C@H](/C=C/CC(=O)N1CCC[C@H]1CO)[C@@]1(O)C(=O)Nc2ccc(NC(=O)c3ccccc3)cc21. The molecule has 1 saturated heterocycles. The van der Waals surface area contributed by atoms with Crippen LogP contribution in [-0.2, 0) is 15.2 Å². The molecule has 4 N–H and O–H groups in total. The van der Waals surface area contributed by atoms with Gasteiger partial charge in [0.05, 0.1) is 12.6 Å². The van der Waals surface area contributed by atoms with E-state index in [4.69, 9.17) is 0 Å². The number of nitrogens with zero attached hydrogens (tertiary/aromatic N) is 1. The predicted molar refractivity (Wildman–Crippen MR) is 128 cm³/mol. The lowest BCUT2D eigenvalue weighted by atomic mass is 9.82. The Kier molecular flexibility index (Phi) is 6.81. The maximum Gasteiger partial charge on any atom is 0.261 e. The molecule has 2 aromatic carbocycles. The minimum absolute atomic E-state index is 0.0499. The monoisotopic (exact) mass is 463 g/mol. The number of carbonyl (C=O) groups is 3. The van der Waals surface area contributed by atoms with Gasteiger partial charge in [0, 0.05) is 41.4 Å². The number of fused-ring (bicyclic) bond motifs is 1. The Morgan fingerprint density at radius 2 is 2.03 bits per heavy atom. The molecule has 0 bridgehead atoms. The van der Waals surface area contributed by atoms with Gasteiger partial charge in [0.2, 0.25) is 5.91 Å². The van der Waals surface area contributed by atoms with Crippen molar-refractivity contribution >= 4 is 29.1 Å².